The van der Waals surface area contributed by atoms with Crippen LogP contribution in [0, 0.1) is 10.1 Å². The van der Waals surface area contributed by atoms with E-state index in [-0.39, 0.29) is 11.6 Å². The van der Waals surface area contributed by atoms with E-state index >= 15 is 0 Å². The fraction of sp³-hybridized carbons (Fsp3) is 0. The Morgan fingerprint density at radius 3 is 2.67 bits per heavy atom. The van der Waals surface area contributed by atoms with E-state index in [1.165, 1.54) is 23.5 Å². The van der Waals surface area contributed by atoms with Crippen molar-refractivity contribution in [3.63, 3.8) is 0 Å². The van der Waals surface area contributed by atoms with Gasteiger partial charge in [-0.2, -0.15) is 0 Å². The van der Waals surface area contributed by atoms with Gasteiger partial charge in [-0.1, -0.05) is 30.3 Å². The molecule has 2 N–H and O–H groups in total. The number of rotatable bonds is 5. The van der Waals surface area contributed by atoms with Crippen LogP contribution in [0.4, 0.5) is 10.8 Å². The second kappa shape index (κ2) is 6.88. The summed E-state index contributed by atoms with van der Waals surface area (Å²) in [5.74, 6) is -0.275. The van der Waals surface area contributed by atoms with Gasteiger partial charge in [-0.3, -0.25) is 25.8 Å². The molecule has 0 saturated carbocycles. The summed E-state index contributed by atoms with van der Waals surface area (Å²) in [5.41, 5.74) is 7.08. The van der Waals surface area contributed by atoms with E-state index in [9.17, 15) is 14.9 Å². The number of thiazole rings is 1. The standard InChI is InChI=1S/C16H12N4O3S/c21-15(11-5-2-1-3-6-11)18-19-16-17-14(10-24-16)12-7-4-8-13(9-12)20(22)23/h1-10H,(H,17,19)(H,18,21). The van der Waals surface area contributed by atoms with Crippen molar-refractivity contribution in [3.8, 4) is 11.3 Å². The molecule has 120 valence electrons. The van der Waals surface area contributed by atoms with Gasteiger partial charge in [0.1, 0.15) is 0 Å². The molecule has 0 bridgehead atoms. The fourth-order valence-corrected chi connectivity index (χ4v) is 2.69. The number of benzene rings is 2. The highest BCUT2D eigenvalue weighted by atomic mass is 32.1. The van der Waals surface area contributed by atoms with Crippen LogP contribution < -0.4 is 10.9 Å². The van der Waals surface area contributed by atoms with Crippen molar-refractivity contribution >= 4 is 28.1 Å². The van der Waals surface area contributed by atoms with Crippen LogP contribution in [-0.2, 0) is 0 Å². The minimum atomic E-state index is -0.449. The number of non-ortho nitro benzene ring substituents is 1. The maximum absolute atomic E-state index is 11.9. The summed E-state index contributed by atoms with van der Waals surface area (Å²) in [5, 5.41) is 13.1. The third kappa shape index (κ3) is 3.55. The van der Waals surface area contributed by atoms with Gasteiger partial charge in [0.2, 0.25) is 5.13 Å². The summed E-state index contributed by atoms with van der Waals surface area (Å²) < 4.78 is 0. The highest BCUT2D eigenvalue weighted by molar-refractivity contribution is 7.14. The zero-order valence-electron chi connectivity index (χ0n) is 12.3. The summed E-state index contributed by atoms with van der Waals surface area (Å²) in [6.45, 7) is 0. The van der Waals surface area contributed by atoms with Crippen LogP contribution in [0.2, 0.25) is 0 Å². The number of nitrogens with zero attached hydrogens (tertiary/aromatic N) is 2. The lowest BCUT2D eigenvalue weighted by atomic mass is 10.1. The van der Waals surface area contributed by atoms with Crippen LogP contribution in [0.15, 0.2) is 60.0 Å². The number of amides is 1. The first-order chi connectivity index (χ1) is 11.6. The molecule has 1 aromatic heterocycles. The van der Waals surface area contributed by atoms with Gasteiger partial charge in [0.05, 0.1) is 10.6 Å². The van der Waals surface area contributed by atoms with Crippen LogP contribution in [-0.4, -0.2) is 15.8 Å². The van der Waals surface area contributed by atoms with Gasteiger partial charge < -0.3 is 0 Å². The molecule has 0 fully saturated rings. The molecule has 0 aliphatic rings. The molecule has 3 rings (SSSR count). The molecular formula is C16H12N4O3S. The van der Waals surface area contributed by atoms with Crippen LogP contribution in [0.5, 0.6) is 0 Å². The van der Waals surface area contributed by atoms with E-state index in [0.29, 0.717) is 22.0 Å². The number of nitro benzene ring substituents is 1. The highest BCUT2D eigenvalue weighted by Crippen LogP contribution is 2.27. The van der Waals surface area contributed by atoms with Crippen LogP contribution in [0.25, 0.3) is 11.3 Å². The SMILES string of the molecule is O=C(NNc1nc(-c2cccc([N+](=O)[O-])c2)cs1)c1ccccc1. The van der Waals surface area contributed by atoms with Gasteiger partial charge in [-0.15, -0.1) is 11.3 Å². The van der Waals surface area contributed by atoms with Crippen molar-refractivity contribution in [3.05, 3.63) is 75.7 Å². The van der Waals surface area contributed by atoms with Gasteiger partial charge in [-0.25, -0.2) is 4.98 Å². The monoisotopic (exact) mass is 340 g/mol. The second-order valence-corrected chi connectivity index (χ2v) is 5.65. The predicted octanol–water partition coefficient (Wildman–Crippen LogP) is 3.48. The van der Waals surface area contributed by atoms with Crippen molar-refractivity contribution in [1.82, 2.24) is 10.4 Å². The van der Waals surface area contributed by atoms with Gasteiger partial charge in [-0.05, 0) is 12.1 Å². The summed E-state index contributed by atoms with van der Waals surface area (Å²) in [6, 6.07) is 15.0. The van der Waals surface area contributed by atoms with Crippen LogP contribution in [0.3, 0.4) is 0 Å². The maximum Gasteiger partial charge on any atom is 0.270 e. The number of anilines is 1. The number of nitro groups is 1. The number of carbonyl (C=O) groups excluding carboxylic acids is 1. The van der Waals surface area contributed by atoms with Gasteiger partial charge in [0.25, 0.3) is 11.6 Å². The largest absolute Gasteiger partial charge is 0.273 e. The molecule has 1 amide bonds. The summed E-state index contributed by atoms with van der Waals surface area (Å²) in [4.78, 5) is 26.6. The Labute approximate surface area is 141 Å². The van der Waals surface area contributed by atoms with Crippen molar-refractivity contribution < 1.29 is 9.72 Å². The Morgan fingerprint density at radius 1 is 1.12 bits per heavy atom. The first-order valence-corrected chi connectivity index (χ1v) is 7.83. The number of carbonyl (C=O) groups is 1. The molecule has 2 aromatic carbocycles. The number of hydrazine groups is 1. The van der Waals surface area contributed by atoms with Gasteiger partial charge in [0.15, 0.2) is 0 Å². The zero-order valence-corrected chi connectivity index (χ0v) is 13.1. The summed E-state index contributed by atoms with van der Waals surface area (Å²) in [6.07, 6.45) is 0. The Hall–Kier alpha value is -3.26. The topological polar surface area (TPSA) is 97.2 Å². The molecule has 0 aliphatic heterocycles. The maximum atomic E-state index is 11.9. The fourth-order valence-electron chi connectivity index (χ4n) is 2.01. The summed E-state index contributed by atoms with van der Waals surface area (Å²) in [7, 11) is 0. The average molecular weight is 340 g/mol. The first-order valence-electron chi connectivity index (χ1n) is 6.95. The van der Waals surface area contributed by atoms with E-state index in [2.05, 4.69) is 15.8 Å². The molecule has 0 spiro atoms. The number of hydrogen-bond acceptors (Lipinski definition) is 6. The molecule has 8 heteroatoms. The summed E-state index contributed by atoms with van der Waals surface area (Å²) >= 11 is 1.29. The molecule has 0 radical (unpaired) electrons. The molecule has 1 heterocycles. The molecule has 0 aliphatic carbocycles. The van der Waals surface area contributed by atoms with E-state index in [4.69, 9.17) is 0 Å². The normalized spacial score (nSPS) is 10.2. The lowest BCUT2D eigenvalue weighted by Gasteiger charge is -2.05. The van der Waals surface area contributed by atoms with Crippen LogP contribution in [0.1, 0.15) is 10.4 Å². The van der Waals surface area contributed by atoms with E-state index in [1.54, 1.807) is 41.8 Å². The Bertz CT molecular complexity index is 880. The van der Waals surface area contributed by atoms with Crippen molar-refractivity contribution in [2.45, 2.75) is 0 Å². The Kier molecular flexibility index (Phi) is 4.48. The quantitative estimate of drug-likeness (QED) is 0.547. The van der Waals surface area contributed by atoms with E-state index in [0.717, 1.165) is 0 Å². The zero-order chi connectivity index (χ0) is 16.9. The molecular weight excluding hydrogens is 328 g/mol. The van der Waals surface area contributed by atoms with Crippen molar-refractivity contribution in [2.75, 3.05) is 5.43 Å². The first kappa shape index (κ1) is 15.6. The van der Waals surface area contributed by atoms with Gasteiger partial charge in [0, 0.05) is 28.6 Å². The highest BCUT2D eigenvalue weighted by Gasteiger charge is 2.10. The van der Waals surface area contributed by atoms with E-state index in [1.807, 2.05) is 6.07 Å². The molecule has 7 nitrogen and oxygen atoms in total. The molecule has 24 heavy (non-hydrogen) atoms. The minimum absolute atomic E-state index is 0.00684. The minimum Gasteiger partial charge on any atom is -0.273 e. The third-order valence-electron chi connectivity index (χ3n) is 3.18. The smallest absolute Gasteiger partial charge is 0.270 e. The lowest BCUT2D eigenvalue weighted by molar-refractivity contribution is -0.384. The lowest BCUT2D eigenvalue weighted by Crippen LogP contribution is -2.29. The van der Waals surface area contributed by atoms with Crippen molar-refractivity contribution in [1.29, 1.82) is 0 Å². The number of nitrogens with one attached hydrogen (secondary N) is 2. The molecule has 0 atom stereocenters. The second-order valence-electron chi connectivity index (χ2n) is 4.79. The molecule has 0 unspecified atom stereocenters. The Balaban J connectivity index is 1.69. The number of hydrogen-bond donors (Lipinski definition) is 2. The van der Waals surface area contributed by atoms with Gasteiger partial charge >= 0.3 is 0 Å². The molecule has 0 saturated heterocycles. The van der Waals surface area contributed by atoms with Crippen molar-refractivity contribution in [2.24, 2.45) is 0 Å². The van der Waals surface area contributed by atoms with Crippen LogP contribution >= 0.6 is 11.3 Å². The average Bonchev–Trinajstić information content (AvgIpc) is 3.09. The molecule has 3 aromatic rings. The predicted molar refractivity (Wildman–Crippen MR) is 91.7 cm³/mol. The number of aromatic nitrogens is 1. The Morgan fingerprint density at radius 2 is 1.92 bits per heavy atom. The third-order valence-corrected chi connectivity index (χ3v) is 3.93. The van der Waals surface area contributed by atoms with E-state index < -0.39 is 4.92 Å².